The summed E-state index contributed by atoms with van der Waals surface area (Å²) in [5.41, 5.74) is -0.327. The Bertz CT molecular complexity index is 379. The third-order valence-electron chi connectivity index (χ3n) is 1.16. The molecule has 2 N–H and O–H groups in total. The maximum atomic E-state index is 10.4. The van der Waals surface area contributed by atoms with E-state index in [0.717, 1.165) is 6.20 Å². The summed E-state index contributed by atoms with van der Waals surface area (Å²) < 4.78 is 0. The highest BCUT2D eigenvalue weighted by molar-refractivity contribution is 6.32. The van der Waals surface area contributed by atoms with E-state index in [1.165, 1.54) is 0 Å². The van der Waals surface area contributed by atoms with Crippen LogP contribution in [0.5, 0.6) is 0 Å². The van der Waals surface area contributed by atoms with Crippen molar-refractivity contribution < 1.29 is 19.8 Å². The average Bonchev–Trinajstić information content (AvgIpc) is 2.03. The van der Waals surface area contributed by atoms with Crippen LogP contribution in [0.3, 0.4) is 0 Å². The number of rotatable bonds is 2. The maximum absolute atomic E-state index is 10.4. The summed E-state index contributed by atoms with van der Waals surface area (Å²) in [5, 5.41) is 16.5. The van der Waals surface area contributed by atoms with Gasteiger partial charge in [0, 0.05) is 6.20 Å². The SMILES string of the molecule is O=C(O)c1ncc(C(=O)O)c(Cl)n1. The molecular weight excluding hydrogens is 200 g/mol. The fourth-order valence-corrected chi connectivity index (χ4v) is 0.817. The summed E-state index contributed by atoms with van der Waals surface area (Å²) in [7, 11) is 0. The van der Waals surface area contributed by atoms with Crippen LogP contribution in [0.25, 0.3) is 0 Å². The van der Waals surface area contributed by atoms with E-state index in [4.69, 9.17) is 21.8 Å². The molecule has 6 nitrogen and oxygen atoms in total. The van der Waals surface area contributed by atoms with E-state index in [9.17, 15) is 9.59 Å². The molecule has 0 saturated heterocycles. The molecule has 0 atom stereocenters. The Labute approximate surface area is 76.8 Å². The van der Waals surface area contributed by atoms with Gasteiger partial charge in [-0.05, 0) is 0 Å². The number of carboxylic acids is 2. The molecule has 0 saturated carbocycles. The average molecular weight is 203 g/mol. The highest BCUT2D eigenvalue weighted by Gasteiger charge is 2.14. The molecule has 0 aromatic carbocycles. The molecule has 1 aromatic rings. The molecule has 7 heteroatoms. The summed E-state index contributed by atoms with van der Waals surface area (Å²) in [6.45, 7) is 0. The Kier molecular flexibility index (Phi) is 2.43. The molecule has 0 spiro atoms. The summed E-state index contributed by atoms with van der Waals surface area (Å²) in [5.74, 6) is -3.20. The Morgan fingerprint density at radius 3 is 2.31 bits per heavy atom. The summed E-state index contributed by atoms with van der Waals surface area (Å²) in [6.07, 6.45) is 0.848. The molecule has 1 aromatic heterocycles. The van der Waals surface area contributed by atoms with Crippen LogP contribution in [0.15, 0.2) is 6.20 Å². The fourth-order valence-electron chi connectivity index (χ4n) is 0.608. The van der Waals surface area contributed by atoms with E-state index in [2.05, 4.69) is 9.97 Å². The zero-order valence-electron chi connectivity index (χ0n) is 6.06. The van der Waals surface area contributed by atoms with Gasteiger partial charge in [0.25, 0.3) is 0 Å². The minimum Gasteiger partial charge on any atom is -0.478 e. The second-order valence-corrected chi connectivity index (χ2v) is 2.37. The predicted octanol–water partition coefficient (Wildman–Crippen LogP) is 0.526. The summed E-state index contributed by atoms with van der Waals surface area (Å²) in [6, 6.07) is 0. The molecular formula is C6H3ClN2O4. The molecule has 0 aliphatic carbocycles. The third kappa shape index (κ3) is 1.91. The Morgan fingerprint density at radius 2 is 1.92 bits per heavy atom. The largest absolute Gasteiger partial charge is 0.478 e. The zero-order chi connectivity index (χ0) is 10.0. The van der Waals surface area contributed by atoms with E-state index in [0.29, 0.717) is 0 Å². The zero-order valence-corrected chi connectivity index (χ0v) is 6.82. The van der Waals surface area contributed by atoms with Crippen molar-refractivity contribution in [3.63, 3.8) is 0 Å². The maximum Gasteiger partial charge on any atom is 0.373 e. The van der Waals surface area contributed by atoms with Crippen LogP contribution < -0.4 is 0 Å². The normalized spacial score (nSPS) is 9.62. The molecule has 0 unspecified atom stereocenters. The number of halogens is 1. The van der Waals surface area contributed by atoms with E-state index >= 15 is 0 Å². The topological polar surface area (TPSA) is 100 Å². The van der Waals surface area contributed by atoms with Crippen LogP contribution in [0.2, 0.25) is 5.15 Å². The number of aromatic nitrogens is 2. The highest BCUT2D eigenvalue weighted by Crippen LogP contribution is 2.11. The van der Waals surface area contributed by atoms with E-state index in [1.54, 1.807) is 0 Å². The Balaban J connectivity index is 3.20. The number of carbonyl (C=O) groups is 2. The second kappa shape index (κ2) is 3.36. The highest BCUT2D eigenvalue weighted by atomic mass is 35.5. The van der Waals surface area contributed by atoms with Crippen LogP contribution in [-0.4, -0.2) is 32.1 Å². The van der Waals surface area contributed by atoms with E-state index < -0.39 is 17.8 Å². The lowest BCUT2D eigenvalue weighted by Crippen LogP contribution is -2.08. The summed E-state index contributed by atoms with van der Waals surface area (Å²) >= 11 is 5.37. The lowest BCUT2D eigenvalue weighted by molar-refractivity contribution is 0.0669. The van der Waals surface area contributed by atoms with Crippen LogP contribution in [-0.2, 0) is 0 Å². The van der Waals surface area contributed by atoms with Gasteiger partial charge in [-0.2, -0.15) is 0 Å². The number of hydrogen-bond donors (Lipinski definition) is 2. The van der Waals surface area contributed by atoms with Gasteiger partial charge in [-0.3, -0.25) is 0 Å². The van der Waals surface area contributed by atoms with Gasteiger partial charge < -0.3 is 10.2 Å². The van der Waals surface area contributed by atoms with Crippen LogP contribution >= 0.6 is 11.6 Å². The molecule has 0 aliphatic rings. The van der Waals surface area contributed by atoms with Crippen molar-refractivity contribution in [2.75, 3.05) is 0 Å². The van der Waals surface area contributed by atoms with Gasteiger partial charge in [0.15, 0.2) is 0 Å². The smallest absolute Gasteiger partial charge is 0.373 e. The molecule has 0 bridgehead atoms. The standard InChI is InChI=1S/C6H3ClN2O4/c7-3-2(5(10)11)1-8-4(9-3)6(12)13/h1H,(H,10,11)(H,12,13). The van der Waals surface area contributed by atoms with Gasteiger partial charge in [-0.15, -0.1) is 0 Å². The van der Waals surface area contributed by atoms with Crippen molar-refractivity contribution >= 4 is 23.5 Å². The lowest BCUT2D eigenvalue weighted by atomic mass is 10.3. The third-order valence-corrected chi connectivity index (χ3v) is 1.45. The first-order chi connectivity index (χ1) is 6.02. The van der Waals surface area contributed by atoms with Gasteiger partial charge in [0.1, 0.15) is 10.7 Å². The minimum absolute atomic E-state index is 0.327. The molecule has 0 fully saturated rings. The van der Waals surface area contributed by atoms with Crippen molar-refractivity contribution in [1.82, 2.24) is 9.97 Å². The van der Waals surface area contributed by atoms with Crippen LogP contribution in [0.4, 0.5) is 0 Å². The minimum atomic E-state index is -1.36. The molecule has 1 rings (SSSR count). The fraction of sp³-hybridized carbons (Fsp3) is 0. The lowest BCUT2D eigenvalue weighted by Gasteiger charge is -1.97. The van der Waals surface area contributed by atoms with E-state index in [-0.39, 0.29) is 10.7 Å². The quantitative estimate of drug-likeness (QED) is 0.679. The molecule has 0 amide bonds. The van der Waals surface area contributed by atoms with Crippen LogP contribution in [0.1, 0.15) is 21.0 Å². The molecule has 68 valence electrons. The predicted molar refractivity (Wildman–Crippen MR) is 41.0 cm³/mol. The van der Waals surface area contributed by atoms with Crippen LogP contribution in [0, 0.1) is 0 Å². The molecule has 1 heterocycles. The van der Waals surface area contributed by atoms with Gasteiger partial charge in [-0.25, -0.2) is 19.6 Å². The molecule has 0 aliphatic heterocycles. The van der Waals surface area contributed by atoms with Crippen molar-refractivity contribution in [2.45, 2.75) is 0 Å². The first kappa shape index (κ1) is 9.40. The monoisotopic (exact) mass is 202 g/mol. The first-order valence-electron chi connectivity index (χ1n) is 3.01. The number of hydrogen-bond acceptors (Lipinski definition) is 4. The van der Waals surface area contributed by atoms with Gasteiger partial charge in [0.2, 0.25) is 5.82 Å². The van der Waals surface area contributed by atoms with Crippen molar-refractivity contribution in [2.24, 2.45) is 0 Å². The number of carboxylic acid groups (broad SMARTS) is 2. The van der Waals surface area contributed by atoms with Crippen molar-refractivity contribution in [3.8, 4) is 0 Å². The molecule has 0 radical (unpaired) electrons. The number of aromatic carboxylic acids is 2. The van der Waals surface area contributed by atoms with Crippen molar-refractivity contribution in [3.05, 3.63) is 22.7 Å². The first-order valence-corrected chi connectivity index (χ1v) is 3.39. The number of nitrogens with zero attached hydrogens (tertiary/aromatic N) is 2. The van der Waals surface area contributed by atoms with E-state index in [1.807, 2.05) is 0 Å². The van der Waals surface area contributed by atoms with Gasteiger partial charge in [-0.1, -0.05) is 11.6 Å². The van der Waals surface area contributed by atoms with Crippen molar-refractivity contribution in [1.29, 1.82) is 0 Å². The van der Waals surface area contributed by atoms with Gasteiger partial charge >= 0.3 is 11.9 Å². The second-order valence-electron chi connectivity index (χ2n) is 2.01. The summed E-state index contributed by atoms with van der Waals surface area (Å²) in [4.78, 5) is 27.2. The Hall–Kier alpha value is -1.69. The van der Waals surface area contributed by atoms with Gasteiger partial charge in [0.05, 0.1) is 0 Å². The Morgan fingerprint density at radius 1 is 1.31 bits per heavy atom. The molecule has 13 heavy (non-hydrogen) atoms.